The Hall–Kier alpha value is -2.86. The number of carbonyl (C=O) groups excluding carboxylic acids is 2. The molecule has 186 valence electrons. The van der Waals surface area contributed by atoms with Crippen molar-refractivity contribution in [3.8, 4) is 0 Å². The second-order valence-corrected chi connectivity index (χ2v) is 13.6. The van der Waals surface area contributed by atoms with Crippen LogP contribution in [-0.2, 0) is 10.3 Å². The minimum Gasteiger partial charge on any atom is -0.297 e. The molecule has 0 radical (unpaired) electrons. The Bertz CT molecular complexity index is 1640. The fraction of sp³-hybridized carbons (Fsp3) is 0.312. The number of Topliss-reactive ketones (excluding diaryl/α,β-unsaturated/α-hetero) is 2. The molecule has 7 rings (SSSR count). The molecule has 1 unspecified atom stereocenters. The summed E-state index contributed by atoms with van der Waals surface area (Å²) in [5, 5.41) is 5.91. The van der Waals surface area contributed by atoms with Crippen molar-refractivity contribution in [2.45, 2.75) is 57.5 Å². The summed E-state index contributed by atoms with van der Waals surface area (Å²) >= 11 is 3.48. The zero-order chi connectivity index (χ0) is 25.5. The van der Waals surface area contributed by atoms with Gasteiger partial charge in [-0.05, 0) is 92.3 Å². The summed E-state index contributed by atoms with van der Waals surface area (Å²) in [6, 6.07) is 20.7. The van der Waals surface area contributed by atoms with Crippen molar-refractivity contribution >= 4 is 51.1 Å². The van der Waals surface area contributed by atoms with Crippen LogP contribution < -0.4 is 5.32 Å². The van der Waals surface area contributed by atoms with Gasteiger partial charge in [0.05, 0.1) is 5.41 Å². The lowest BCUT2D eigenvalue weighted by atomic mass is 9.53. The summed E-state index contributed by atoms with van der Waals surface area (Å²) in [6.45, 7) is 6.38. The van der Waals surface area contributed by atoms with Crippen molar-refractivity contribution in [3.05, 3.63) is 96.9 Å². The maximum atomic E-state index is 15.0. The van der Waals surface area contributed by atoms with Crippen LogP contribution in [0.2, 0.25) is 0 Å². The van der Waals surface area contributed by atoms with Gasteiger partial charge in [0.2, 0.25) is 0 Å². The maximum Gasteiger partial charge on any atom is 0.189 e. The van der Waals surface area contributed by atoms with Gasteiger partial charge in [-0.3, -0.25) is 14.9 Å². The standard InChI is InChI=1S/C32H29NO2S2/c1-18-12-14-23(36-18)17-22-9-6-16-31(29(22)34)28(26-15-13-19(2)37-26)20(3)33-32(31)25-11-5-8-21-7-4-10-24(27(21)25)30(32)35/h4-5,7-8,10-15,17,20,28,33H,6,9,16H2,1-3H3/b22-17+/t20?,28-,31+,32+/m1/s1. The molecule has 2 spiro atoms. The molecule has 2 aromatic carbocycles. The Morgan fingerprint density at radius 1 is 0.919 bits per heavy atom. The SMILES string of the molecule is Cc1ccc(/C=C2\CCC[C@@]3(C2=O)[C@@H](c2ccc(C)s2)C(C)N[C@@]32C(=O)c3cccc4cccc2c34)s1. The number of thiophene rings is 2. The van der Waals surface area contributed by atoms with Crippen LogP contribution in [0.15, 0.2) is 66.2 Å². The molecule has 1 saturated heterocycles. The van der Waals surface area contributed by atoms with E-state index >= 15 is 4.79 Å². The Kier molecular flexibility index (Phi) is 5.07. The number of carbonyl (C=O) groups is 2. The molecule has 0 bridgehead atoms. The minimum atomic E-state index is -1.07. The molecule has 4 atom stereocenters. The van der Waals surface area contributed by atoms with Crippen LogP contribution in [0.25, 0.3) is 16.8 Å². The molecule has 3 aliphatic rings. The van der Waals surface area contributed by atoms with E-state index in [9.17, 15) is 4.79 Å². The predicted octanol–water partition coefficient (Wildman–Crippen LogP) is 7.57. The number of hydrogen-bond donors (Lipinski definition) is 1. The van der Waals surface area contributed by atoms with Crippen LogP contribution >= 0.6 is 22.7 Å². The Labute approximate surface area is 225 Å². The van der Waals surface area contributed by atoms with E-state index in [1.165, 1.54) is 14.6 Å². The van der Waals surface area contributed by atoms with E-state index in [0.717, 1.165) is 45.2 Å². The summed E-state index contributed by atoms with van der Waals surface area (Å²) in [5.74, 6) is 0.125. The third-order valence-electron chi connectivity index (χ3n) is 8.90. The van der Waals surface area contributed by atoms with E-state index in [1.807, 2.05) is 18.2 Å². The number of allylic oxidation sites excluding steroid dienone is 1. The zero-order valence-corrected chi connectivity index (χ0v) is 22.9. The van der Waals surface area contributed by atoms with E-state index in [2.05, 4.69) is 74.6 Å². The maximum absolute atomic E-state index is 15.0. The number of rotatable bonds is 2. The molecule has 2 fully saturated rings. The first-order valence-electron chi connectivity index (χ1n) is 13.1. The van der Waals surface area contributed by atoms with Crippen molar-refractivity contribution in [1.82, 2.24) is 5.32 Å². The van der Waals surface area contributed by atoms with Gasteiger partial charge in [0.15, 0.2) is 11.6 Å². The quantitative estimate of drug-likeness (QED) is 0.276. The number of nitrogens with one attached hydrogen (secondary N) is 1. The highest BCUT2D eigenvalue weighted by molar-refractivity contribution is 7.12. The monoisotopic (exact) mass is 523 g/mol. The molecule has 3 nitrogen and oxygen atoms in total. The molecule has 0 amide bonds. The van der Waals surface area contributed by atoms with Gasteiger partial charge in [-0.2, -0.15) is 0 Å². The molecule has 37 heavy (non-hydrogen) atoms. The van der Waals surface area contributed by atoms with Gasteiger partial charge in [-0.1, -0.05) is 36.4 Å². The van der Waals surface area contributed by atoms with E-state index in [4.69, 9.17) is 0 Å². The average molecular weight is 524 g/mol. The summed E-state index contributed by atoms with van der Waals surface area (Å²) in [6.07, 6.45) is 4.44. The van der Waals surface area contributed by atoms with Crippen LogP contribution in [0.5, 0.6) is 0 Å². The number of aryl methyl sites for hydroxylation is 2. The highest BCUT2D eigenvalue weighted by atomic mass is 32.1. The molecule has 5 heteroatoms. The highest BCUT2D eigenvalue weighted by Gasteiger charge is 2.73. The normalized spacial score (nSPS) is 30.0. The Morgan fingerprint density at radius 2 is 1.68 bits per heavy atom. The molecule has 3 heterocycles. The first kappa shape index (κ1) is 23.3. The largest absolute Gasteiger partial charge is 0.297 e. The van der Waals surface area contributed by atoms with Crippen molar-refractivity contribution in [2.75, 3.05) is 0 Å². The van der Waals surface area contributed by atoms with Gasteiger partial charge >= 0.3 is 0 Å². The molecular formula is C32H29NO2S2. The molecule has 2 aromatic heterocycles. The van der Waals surface area contributed by atoms with Crippen LogP contribution in [0, 0.1) is 19.3 Å². The summed E-state index contributed by atoms with van der Waals surface area (Å²) in [4.78, 5) is 34.5. The third kappa shape index (κ3) is 2.96. The second kappa shape index (κ2) is 8.07. The van der Waals surface area contributed by atoms with E-state index in [-0.39, 0.29) is 23.5 Å². The second-order valence-electron chi connectivity index (χ2n) is 10.9. The fourth-order valence-corrected chi connectivity index (χ4v) is 9.66. The summed E-state index contributed by atoms with van der Waals surface area (Å²) in [5.41, 5.74) is 0.630. The molecule has 1 saturated carbocycles. The van der Waals surface area contributed by atoms with Gasteiger partial charge in [-0.15, -0.1) is 22.7 Å². The molecule has 4 aromatic rings. The van der Waals surface area contributed by atoms with Gasteiger partial charge in [-0.25, -0.2) is 0 Å². The topological polar surface area (TPSA) is 46.2 Å². The zero-order valence-electron chi connectivity index (χ0n) is 21.3. The lowest BCUT2D eigenvalue weighted by molar-refractivity contribution is -0.130. The lowest BCUT2D eigenvalue weighted by Gasteiger charge is -2.47. The summed E-state index contributed by atoms with van der Waals surface area (Å²) < 4.78 is 0. The smallest absolute Gasteiger partial charge is 0.189 e. The van der Waals surface area contributed by atoms with E-state index in [1.54, 1.807) is 22.7 Å². The van der Waals surface area contributed by atoms with Crippen LogP contribution in [0.1, 0.15) is 67.5 Å². The first-order valence-corrected chi connectivity index (χ1v) is 14.7. The Morgan fingerprint density at radius 3 is 2.41 bits per heavy atom. The number of ketones is 2. The number of benzene rings is 2. The van der Waals surface area contributed by atoms with Crippen LogP contribution in [0.3, 0.4) is 0 Å². The molecule has 1 N–H and O–H groups in total. The van der Waals surface area contributed by atoms with Crippen LogP contribution in [-0.4, -0.2) is 17.6 Å². The third-order valence-corrected chi connectivity index (χ3v) is 10.9. The molecular weight excluding hydrogens is 494 g/mol. The number of hydrogen-bond acceptors (Lipinski definition) is 5. The van der Waals surface area contributed by atoms with Gasteiger partial charge < -0.3 is 0 Å². The highest BCUT2D eigenvalue weighted by Crippen LogP contribution is 2.66. The van der Waals surface area contributed by atoms with Gasteiger partial charge in [0, 0.05) is 37.0 Å². The van der Waals surface area contributed by atoms with Gasteiger partial charge in [0.25, 0.3) is 0 Å². The summed E-state index contributed by atoms with van der Waals surface area (Å²) in [7, 11) is 0. The fourth-order valence-electron chi connectivity index (χ4n) is 7.64. The van der Waals surface area contributed by atoms with E-state index < -0.39 is 11.0 Å². The molecule has 1 aliphatic heterocycles. The average Bonchev–Trinajstić information content (AvgIpc) is 3.61. The lowest BCUT2D eigenvalue weighted by Crippen LogP contribution is -2.59. The predicted molar refractivity (Wildman–Crippen MR) is 153 cm³/mol. The van der Waals surface area contributed by atoms with Gasteiger partial charge in [0.1, 0.15) is 5.54 Å². The van der Waals surface area contributed by atoms with E-state index in [0.29, 0.717) is 6.42 Å². The number of fused-ring (bicyclic) bond motifs is 2. The Balaban J connectivity index is 1.52. The first-order chi connectivity index (χ1) is 17.9. The van der Waals surface area contributed by atoms with Crippen molar-refractivity contribution in [3.63, 3.8) is 0 Å². The van der Waals surface area contributed by atoms with Crippen LogP contribution in [0.4, 0.5) is 0 Å². The molecule has 2 aliphatic carbocycles. The van der Waals surface area contributed by atoms with Crippen molar-refractivity contribution < 1.29 is 9.59 Å². The minimum absolute atomic E-state index is 0.0288. The van der Waals surface area contributed by atoms with Crippen molar-refractivity contribution in [2.24, 2.45) is 5.41 Å². The van der Waals surface area contributed by atoms with Crippen molar-refractivity contribution in [1.29, 1.82) is 0 Å².